The second-order valence-electron chi connectivity index (χ2n) is 7.12. The molecule has 0 aliphatic rings. The topological polar surface area (TPSA) is 62.1 Å². The van der Waals surface area contributed by atoms with Crippen LogP contribution in [0.3, 0.4) is 0 Å². The molecule has 0 radical (unpaired) electrons. The molecule has 0 amide bonds. The minimum absolute atomic E-state index is 0.0118. The molecule has 0 aliphatic heterocycles. The van der Waals surface area contributed by atoms with Gasteiger partial charge in [0, 0.05) is 42.8 Å². The lowest BCUT2D eigenvalue weighted by atomic mass is 10.1. The van der Waals surface area contributed by atoms with E-state index < -0.39 is 11.7 Å². The molecule has 3 aromatic heterocycles. The number of benzene rings is 1. The summed E-state index contributed by atoms with van der Waals surface area (Å²) in [5.41, 5.74) is 1.83. The average molecular weight is 475 g/mol. The third-order valence-corrected chi connectivity index (χ3v) is 5.07. The molecule has 0 atom stereocenters. The summed E-state index contributed by atoms with van der Waals surface area (Å²) in [4.78, 5) is 12.6. The molecule has 4 rings (SSSR count). The Labute approximate surface area is 192 Å². The van der Waals surface area contributed by atoms with Crippen LogP contribution < -0.4 is 9.47 Å². The van der Waals surface area contributed by atoms with Crippen molar-refractivity contribution in [2.75, 3.05) is 7.11 Å². The number of halogens is 4. The van der Waals surface area contributed by atoms with Gasteiger partial charge in [0.2, 0.25) is 0 Å². The highest BCUT2D eigenvalue weighted by atomic mass is 35.5. The third-order valence-electron chi connectivity index (χ3n) is 4.85. The number of ether oxygens (including phenoxy) is 2. The van der Waals surface area contributed by atoms with Crippen LogP contribution in [0.2, 0.25) is 5.15 Å². The smallest absolute Gasteiger partial charge is 0.417 e. The number of methoxy groups -OCH3 is 1. The van der Waals surface area contributed by atoms with Gasteiger partial charge in [-0.2, -0.15) is 13.2 Å². The Morgan fingerprint density at radius 2 is 1.85 bits per heavy atom. The van der Waals surface area contributed by atoms with E-state index in [0.717, 1.165) is 23.4 Å². The maximum atomic E-state index is 12.7. The van der Waals surface area contributed by atoms with Crippen molar-refractivity contribution >= 4 is 11.6 Å². The maximum absolute atomic E-state index is 12.7. The Morgan fingerprint density at radius 1 is 1.03 bits per heavy atom. The Morgan fingerprint density at radius 3 is 2.48 bits per heavy atom. The molecule has 0 aliphatic carbocycles. The van der Waals surface area contributed by atoms with Gasteiger partial charge >= 0.3 is 6.18 Å². The van der Waals surface area contributed by atoms with E-state index in [9.17, 15) is 13.2 Å². The van der Waals surface area contributed by atoms with E-state index in [2.05, 4.69) is 9.97 Å². The molecule has 0 spiro atoms. The van der Waals surface area contributed by atoms with Gasteiger partial charge in [-0.05, 0) is 36.4 Å². The second-order valence-corrected chi connectivity index (χ2v) is 7.50. The largest absolute Gasteiger partial charge is 0.496 e. The molecular weight excluding hydrogens is 457 g/mol. The number of hydrogen-bond donors (Lipinski definition) is 0. The molecule has 0 bridgehead atoms. The molecular formula is C23H18ClF3N4O2. The lowest BCUT2D eigenvalue weighted by molar-refractivity contribution is -0.137. The number of pyridine rings is 2. The zero-order chi connectivity index (χ0) is 23.6. The van der Waals surface area contributed by atoms with Crippen molar-refractivity contribution < 1.29 is 22.6 Å². The molecule has 1 aromatic carbocycles. The number of rotatable bonds is 6. The van der Waals surface area contributed by atoms with Crippen molar-refractivity contribution in [2.45, 2.75) is 12.8 Å². The zero-order valence-electron chi connectivity index (χ0n) is 17.6. The van der Waals surface area contributed by atoms with Gasteiger partial charge in [-0.25, -0.2) is 9.97 Å². The summed E-state index contributed by atoms with van der Waals surface area (Å²) in [6.45, 7) is 0.0118. The van der Waals surface area contributed by atoms with Gasteiger partial charge in [0.1, 0.15) is 29.1 Å². The Kier molecular flexibility index (Phi) is 6.24. The van der Waals surface area contributed by atoms with Crippen LogP contribution in [0.25, 0.3) is 22.6 Å². The van der Waals surface area contributed by atoms with Crippen molar-refractivity contribution in [3.05, 3.63) is 77.5 Å². The van der Waals surface area contributed by atoms with Crippen LogP contribution in [0, 0.1) is 0 Å². The molecule has 33 heavy (non-hydrogen) atoms. The monoisotopic (exact) mass is 474 g/mol. The fourth-order valence-electron chi connectivity index (χ4n) is 3.18. The minimum atomic E-state index is -4.43. The Bertz CT molecular complexity index is 1260. The van der Waals surface area contributed by atoms with E-state index in [1.165, 1.54) is 13.2 Å². The van der Waals surface area contributed by atoms with Crippen LogP contribution in [-0.2, 0) is 19.8 Å². The summed E-state index contributed by atoms with van der Waals surface area (Å²) in [5, 5.41) is 0.400. The van der Waals surface area contributed by atoms with Crippen LogP contribution in [0.1, 0.15) is 11.3 Å². The first-order valence-electron chi connectivity index (χ1n) is 9.73. The van der Waals surface area contributed by atoms with Gasteiger partial charge in [-0.1, -0.05) is 11.6 Å². The van der Waals surface area contributed by atoms with Gasteiger partial charge in [-0.3, -0.25) is 4.98 Å². The van der Waals surface area contributed by atoms with Crippen molar-refractivity contribution in [2.24, 2.45) is 7.05 Å². The normalized spacial score (nSPS) is 11.5. The standard InChI is InChI=1S/C23H18ClF3N4O2/c1-31-12-19(30-22(31)14-3-8-21(24)29-10-14)18-7-6-17(9-20(18)32-2)33-13-16-5-4-15(11-28-16)23(25,26)27/h3-12H,13H2,1-2H3. The lowest BCUT2D eigenvalue weighted by Gasteiger charge is -2.11. The first-order valence-corrected chi connectivity index (χ1v) is 10.1. The Hall–Kier alpha value is -3.59. The van der Waals surface area contributed by atoms with Crippen molar-refractivity contribution in [1.29, 1.82) is 0 Å². The van der Waals surface area contributed by atoms with Crippen molar-refractivity contribution in [1.82, 2.24) is 19.5 Å². The van der Waals surface area contributed by atoms with Crippen LogP contribution in [0.15, 0.2) is 61.1 Å². The van der Waals surface area contributed by atoms with Gasteiger partial charge < -0.3 is 14.0 Å². The molecule has 0 N–H and O–H groups in total. The van der Waals surface area contributed by atoms with E-state index >= 15 is 0 Å². The second kappa shape index (κ2) is 9.11. The van der Waals surface area contributed by atoms with E-state index in [-0.39, 0.29) is 6.61 Å². The van der Waals surface area contributed by atoms with Gasteiger partial charge in [0.15, 0.2) is 0 Å². The molecule has 10 heteroatoms. The minimum Gasteiger partial charge on any atom is -0.496 e. The molecule has 0 fully saturated rings. The first kappa shape index (κ1) is 22.6. The Balaban J connectivity index is 1.53. The van der Waals surface area contributed by atoms with Crippen LogP contribution in [-0.4, -0.2) is 26.6 Å². The van der Waals surface area contributed by atoms with E-state index in [1.807, 2.05) is 23.9 Å². The predicted octanol–water partition coefficient (Wildman–Crippen LogP) is 5.80. The SMILES string of the molecule is COc1cc(OCc2ccc(C(F)(F)F)cn2)ccc1-c1cn(C)c(-c2ccc(Cl)nc2)n1. The zero-order valence-corrected chi connectivity index (χ0v) is 18.4. The molecule has 170 valence electrons. The number of aromatic nitrogens is 4. The molecule has 0 saturated heterocycles. The van der Waals surface area contributed by atoms with Crippen LogP contribution >= 0.6 is 11.6 Å². The molecule has 4 aromatic rings. The number of alkyl halides is 3. The van der Waals surface area contributed by atoms with Gasteiger partial charge in [-0.15, -0.1) is 0 Å². The molecule has 6 nitrogen and oxygen atoms in total. The summed E-state index contributed by atoms with van der Waals surface area (Å²) in [6.07, 6.45) is -0.116. The first-order chi connectivity index (χ1) is 15.7. The maximum Gasteiger partial charge on any atom is 0.417 e. The number of hydrogen-bond acceptors (Lipinski definition) is 5. The fraction of sp³-hybridized carbons (Fsp3) is 0.174. The number of aryl methyl sites for hydroxylation is 1. The number of nitrogens with zero attached hydrogens (tertiary/aromatic N) is 4. The highest BCUT2D eigenvalue weighted by molar-refractivity contribution is 6.29. The number of imidazole rings is 1. The summed E-state index contributed by atoms with van der Waals surface area (Å²) >= 11 is 5.87. The van der Waals surface area contributed by atoms with E-state index in [0.29, 0.717) is 33.9 Å². The van der Waals surface area contributed by atoms with E-state index in [1.54, 1.807) is 30.5 Å². The van der Waals surface area contributed by atoms with Crippen LogP contribution in [0.4, 0.5) is 13.2 Å². The third kappa shape index (κ3) is 5.09. The predicted molar refractivity (Wildman–Crippen MR) is 117 cm³/mol. The van der Waals surface area contributed by atoms with Gasteiger partial charge in [0.25, 0.3) is 0 Å². The molecule has 0 unspecified atom stereocenters. The summed E-state index contributed by atoms with van der Waals surface area (Å²) in [6, 6.07) is 11.0. The average Bonchev–Trinajstić information content (AvgIpc) is 3.19. The quantitative estimate of drug-likeness (QED) is 0.330. The lowest BCUT2D eigenvalue weighted by Crippen LogP contribution is -2.06. The van der Waals surface area contributed by atoms with Crippen LogP contribution in [0.5, 0.6) is 11.5 Å². The van der Waals surface area contributed by atoms with Gasteiger partial charge in [0.05, 0.1) is 24.1 Å². The van der Waals surface area contributed by atoms with E-state index in [4.69, 9.17) is 26.1 Å². The highest BCUT2D eigenvalue weighted by Gasteiger charge is 2.30. The molecule has 0 saturated carbocycles. The van der Waals surface area contributed by atoms with Crippen molar-refractivity contribution in [3.8, 4) is 34.1 Å². The summed E-state index contributed by atoms with van der Waals surface area (Å²) < 4.78 is 51.1. The molecule has 3 heterocycles. The fourth-order valence-corrected chi connectivity index (χ4v) is 3.29. The van der Waals surface area contributed by atoms with Crippen molar-refractivity contribution in [3.63, 3.8) is 0 Å². The highest BCUT2D eigenvalue weighted by Crippen LogP contribution is 2.34. The summed E-state index contributed by atoms with van der Waals surface area (Å²) in [7, 11) is 3.41. The summed E-state index contributed by atoms with van der Waals surface area (Å²) in [5.74, 6) is 1.73.